The fraction of sp³-hybridized carbons (Fsp3) is 0.821. The van der Waals surface area contributed by atoms with Gasteiger partial charge in [-0.1, -0.05) is 40.7 Å². The molecule has 0 radical (unpaired) electrons. The Bertz CT molecular complexity index is 860. The SMILES string of the molecule is C=C1C(=O)[C@@]23CC[C@H]4[C@@](C)(CCC[C@@]4(C)C(=O)OCCC(C)C)[C@@H]2CC[C@]1(OC(=O)CC)C3. The third-order valence-electron chi connectivity index (χ3n) is 10.0. The molecule has 1 spiro atoms. The van der Waals surface area contributed by atoms with Crippen molar-refractivity contribution in [3.63, 3.8) is 0 Å². The van der Waals surface area contributed by atoms with Gasteiger partial charge in [0.05, 0.1) is 12.0 Å². The zero-order chi connectivity index (χ0) is 24.2. The van der Waals surface area contributed by atoms with Crippen LogP contribution in [0.25, 0.3) is 0 Å². The van der Waals surface area contributed by atoms with Gasteiger partial charge in [0.2, 0.25) is 0 Å². The van der Waals surface area contributed by atoms with Gasteiger partial charge in [-0.25, -0.2) is 0 Å². The second-order valence-corrected chi connectivity index (χ2v) is 12.2. The molecule has 0 aromatic rings. The normalized spacial score (nSPS) is 42.0. The molecule has 0 unspecified atom stereocenters. The van der Waals surface area contributed by atoms with E-state index in [9.17, 15) is 14.4 Å². The number of fused-ring (bicyclic) bond motifs is 3. The number of carbonyl (C=O) groups excluding carboxylic acids is 3. The number of ether oxygens (including phenoxy) is 2. The van der Waals surface area contributed by atoms with E-state index in [0.717, 1.165) is 44.9 Å². The molecule has 2 bridgehead atoms. The Morgan fingerprint density at radius 3 is 2.45 bits per heavy atom. The van der Waals surface area contributed by atoms with E-state index in [-0.39, 0.29) is 35.0 Å². The topological polar surface area (TPSA) is 69.7 Å². The lowest BCUT2D eigenvalue weighted by molar-refractivity contribution is -0.195. The summed E-state index contributed by atoms with van der Waals surface area (Å²) in [4.78, 5) is 39.4. The number of rotatable bonds is 6. The second-order valence-electron chi connectivity index (χ2n) is 12.2. The van der Waals surface area contributed by atoms with Crippen LogP contribution in [0.4, 0.5) is 0 Å². The van der Waals surface area contributed by atoms with Gasteiger partial charge in [0.15, 0.2) is 5.78 Å². The molecule has 0 heterocycles. The van der Waals surface area contributed by atoms with E-state index < -0.39 is 16.4 Å². The molecule has 4 saturated carbocycles. The van der Waals surface area contributed by atoms with Gasteiger partial charge in [-0.15, -0.1) is 0 Å². The quantitative estimate of drug-likeness (QED) is 0.372. The molecule has 0 aliphatic heterocycles. The number of hydrogen-bond acceptors (Lipinski definition) is 5. The first-order chi connectivity index (χ1) is 15.4. The maximum atomic E-state index is 13.8. The molecule has 5 nitrogen and oxygen atoms in total. The Morgan fingerprint density at radius 2 is 1.79 bits per heavy atom. The number of carbonyl (C=O) groups is 3. The van der Waals surface area contributed by atoms with Crippen molar-refractivity contribution >= 4 is 17.7 Å². The number of Topliss-reactive ketones (excluding diaryl/α,β-unsaturated/α-hetero) is 1. The van der Waals surface area contributed by atoms with E-state index in [1.807, 2.05) is 0 Å². The van der Waals surface area contributed by atoms with Crippen molar-refractivity contribution < 1.29 is 23.9 Å². The van der Waals surface area contributed by atoms with Crippen molar-refractivity contribution in [1.82, 2.24) is 0 Å². The van der Waals surface area contributed by atoms with E-state index in [0.29, 0.717) is 37.4 Å². The van der Waals surface area contributed by atoms with Gasteiger partial charge in [0.25, 0.3) is 0 Å². The highest BCUT2D eigenvalue weighted by Gasteiger charge is 2.72. The van der Waals surface area contributed by atoms with Crippen LogP contribution in [0.15, 0.2) is 12.2 Å². The van der Waals surface area contributed by atoms with E-state index in [1.54, 1.807) is 6.92 Å². The van der Waals surface area contributed by atoms with Crippen molar-refractivity contribution in [2.45, 2.75) is 104 Å². The van der Waals surface area contributed by atoms with Crippen LogP contribution in [0, 0.1) is 34.0 Å². The van der Waals surface area contributed by atoms with Gasteiger partial charge in [-0.05, 0) is 75.0 Å². The highest BCUT2D eigenvalue weighted by Crippen LogP contribution is 2.72. The first kappa shape index (κ1) is 24.5. The van der Waals surface area contributed by atoms with Crippen molar-refractivity contribution in [3.05, 3.63) is 12.2 Å². The zero-order valence-electron chi connectivity index (χ0n) is 21.3. The highest BCUT2D eigenvalue weighted by atomic mass is 16.6. The number of esters is 2. The van der Waals surface area contributed by atoms with Gasteiger partial charge < -0.3 is 9.47 Å². The zero-order valence-corrected chi connectivity index (χ0v) is 21.3. The predicted molar refractivity (Wildman–Crippen MR) is 126 cm³/mol. The molecule has 6 atom stereocenters. The molecule has 0 aromatic carbocycles. The molecule has 33 heavy (non-hydrogen) atoms. The summed E-state index contributed by atoms with van der Waals surface area (Å²) in [5.41, 5.74) is -1.44. The lowest BCUT2D eigenvalue weighted by Crippen LogP contribution is -2.60. The average molecular weight is 459 g/mol. The fourth-order valence-corrected chi connectivity index (χ4v) is 8.33. The summed E-state index contributed by atoms with van der Waals surface area (Å²) in [5.74, 6) is 0.691. The molecule has 4 aliphatic rings. The third-order valence-corrected chi connectivity index (χ3v) is 10.0. The highest BCUT2D eigenvalue weighted by molar-refractivity contribution is 6.05. The molecule has 184 valence electrons. The maximum absolute atomic E-state index is 13.8. The predicted octanol–water partition coefficient (Wildman–Crippen LogP) is 5.80. The largest absolute Gasteiger partial charge is 0.465 e. The number of hydrogen-bond donors (Lipinski definition) is 0. The lowest BCUT2D eigenvalue weighted by Gasteiger charge is -2.63. The monoisotopic (exact) mass is 458 g/mol. The van der Waals surface area contributed by atoms with Gasteiger partial charge in [-0.3, -0.25) is 14.4 Å². The van der Waals surface area contributed by atoms with E-state index >= 15 is 0 Å². The van der Waals surface area contributed by atoms with Gasteiger partial charge in [0.1, 0.15) is 5.60 Å². The standard InChI is InChI=1S/C28H42O5/c1-7-22(29)33-28-15-10-21-25(5)12-8-13-26(6,24(31)32-16-11-18(2)3)20(25)9-14-27(21,17-28)23(30)19(28)4/h18,20-21H,4,7-17H2,1-3,5-6H3/t20-,21-,25+,26+,27+,28-/m0/s1. The minimum Gasteiger partial charge on any atom is -0.465 e. The van der Waals surface area contributed by atoms with Crippen molar-refractivity contribution in [2.75, 3.05) is 6.61 Å². The molecule has 0 amide bonds. The average Bonchev–Trinajstić information content (AvgIpc) is 2.90. The smallest absolute Gasteiger partial charge is 0.312 e. The third kappa shape index (κ3) is 3.51. The summed E-state index contributed by atoms with van der Waals surface area (Å²) in [6.45, 7) is 15.1. The molecule has 0 N–H and O–H groups in total. The summed E-state index contributed by atoms with van der Waals surface area (Å²) in [6.07, 6.45) is 7.69. The van der Waals surface area contributed by atoms with Crippen LogP contribution >= 0.6 is 0 Å². The Balaban J connectivity index is 1.62. The molecule has 0 aromatic heterocycles. The summed E-state index contributed by atoms with van der Waals surface area (Å²) in [7, 11) is 0. The van der Waals surface area contributed by atoms with E-state index in [4.69, 9.17) is 9.47 Å². The summed E-state index contributed by atoms with van der Waals surface area (Å²) in [6, 6.07) is 0. The van der Waals surface area contributed by atoms with E-state index in [2.05, 4.69) is 34.3 Å². The van der Waals surface area contributed by atoms with Crippen LogP contribution in [0.3, 0.4) is 0 Å². The van der Waals surface area contributed by atoms with Crippen LogP contribution in [-0.4, -0.2) is 29.9 Å². The van der Waals surface area contributed by atoms with Gasteiger partial charge in [-0.2, -0.15) is 0 Å². The lowest BCUT2D eigenvalue weighted by atomic mass is 9.40. The van der Waals surface area contributed by atoms with Crippen molar-refractivity contribution in [3.8, 4) is 0 Å². The van der Waals surface area contributed by atoms with Crippen molar-refractivity contribution in [2.24, 2.45) is 34.0 Å². The summed E-state index contributed by atoms with van der Waals surface area (Å²) < 4.78 is 11.7. The van der Waals surface area contributed by atoms with Crippen molar-refractivity contribution in [1.29, 1.82) is 0 Å². The van der Waals surface area contributed by atoms with E-state index in [1.165, 1.54) is 0 Å². The van der Waals surface area contributed by atoms with Crippen LogP contribution in [0.5, 0.6) is 0 Å². The first-order valence-corrected chi connectivity index (χ1v) is 13.1. The van der Waals surface area contributed by atoms with Crippen LogP contribution in [-0.2, 0) is 23.9 Å². The fourth-order valence-electron chi connectivity index (χ4n) is 8.33. The Kier molecular flexibility index (Phi) is 6.11. The Labute approximate surface area is 199 Å². The minimum atomic E-state index is -0.822. The molecular weight excluding hydrogens is 416 g/mol. The summed E-state index contributed by atoms with van der Waals surface area (Å²) >= 11 is 0. The minimum absolute atomic E-state index is 0.0563. The van der Waals surface area contributed by atoms with Crippen LogP contribution < -0.4 is 0 Å². The van der Waals surface area contributed by atoms with Gasteiger partial charge >= 0.3 is 11.9 Å². The maximum Gasteiger partial charge on any atom is 0.312 e. The van der Waals surface area contributed by atoms with Crippen LogP contribution in [0.1, 0.15) is 98.8 Å². The van der Waals surface area contributed by atoms with Gasteiger partial charge in [0, 0.05) is 23.8 Å². The molecule has 0 saturated heterocycles. The number of ketones is 1. The Morgan fingerprint density at radius 1 is 1.09 bits per heavy atom. The molecule has 4 fully saturated rings. The first-order valence-electron chi connectivity index (χ1n) is 13.1. The molecule has 4 aliphatic carbocycles. The molecule has 5 heteroatoms. The Hall–Kier alpha value is -1.65. The summed E-state index contributed by atoms with van der Waals surface area (Å²) in [5, 5.41) is 0. The molecule has 4 rings (SSSR count). The molecular formula is C28H42O5. The second kappa shape index (κ2) is 8.23. The van der Waals surface area contributed by atoms with Crippen LogP contribution in [0.2, 0.25) is 0 Å².